The molecule has 4 N–H and O–H groups in total. The van der Waals surface area contributed by atoms with E-state index < -0.39 is 64.3 Å². The van der Waals surface area contributed by atoms with Gasteiger partial charge in [-0.15, -0.1) is 0 Å². The molecule has 5 heterocycles. The van der Waals surface area contributed by atoms with Gasteiger partial charge in [-0.05, 0) is 132 Å². The van der Waals surface area contributed by atoms with Crippen LogP contribution in [0.25, 0.3) is 6.08 Å². The Bertz CT molecular complexity index is 2970. The summed E-state index contributed by atoms with van der Waals surface area (Å²) in [6, 6.07) is 12.5. The van der Waals surface area contributed by atoms with Gasteiger partial charge in [0.25, 0.3) is 0 Å². The molecule has 4 saturated heterocycles. The number of fused-ring (bicyclic) bond motifs is 2. The number of imide groups is 1. The van der Waals surface area contributed by atoms with Crippen molar-refractivity contribution in [1.29, 1.82) is 0 Å². The third-order valence-corrected chi connectivity index (χ3v) is 19.7. The molecule has 8 aliphatic rings. The molecule has 5 amide bonds. The number of hydrogen-bond donors (Lipinski definition) is 3. The van der Waals surface area contributed by atoms with Crippen molar-refractivity contribution in [3.63, 3.8) is 0 Å². The van der Waals surface area contributed by atoms with Crippen molar-refractivity contribution >= 4 is 35.6 Å². The molecule has 15 nitrogen and oxygen atoms in total. The van der Waals surface area contributed by atoms with E-state index >= 15 is 17.6 Å². The molecule has 11 rings (SSSR count). The summed E-state index contributed by atoms with van der Waals surface area (Å²) >= 11 is 0. The average Bonchev–Trinajstić information content (AvgIpc) is 4.16. The Labute approximate surface area is 459 Å². The lowest BCUT2D eigenvalue weighted by Gasteiger charge is -2.56. The lowest BCUT2D eigenvalue weighted by Crippen LogP contribution is -2.57. The van der Waals surface area contributed by atoms with Gasteiger partial charge in [-0.2, -0.15) is 5.10 Å². The quantitative estimate of drug-likeness (QED) is 0.105. The standard InChI is InChI=1S/C60H74F4N8O7/c1-34-43(61)30-46-49(48(34)50-41(54(65)74)15-16-45(52(50)63)78-28-27-77-5)35(2)60(79-46,38-9-7-6-8-10-38)33-66-39-13-11-37(12-14-39)56(75)71-25-20-59(21-26-71)31-40(32-59)70-22-17-36(18-23-70)51-44(62)29-42-53(58(51,3)64)69(4)68-55(42)72-24-19-47(73)67-57(72)76/h6-10,15-16,29-30,35-37,39-40,48-49,51,66H,11-14,17-28,31-33H2,1-5H3,(H2,65,74)(H,67,73,76)/t35-,37?,39?,48?,49?,51?,58?,60-/m0/s1. The maximum absolute atomic E-state index is 17.1. The van der Waals surface area contributed by atoms with Crippen LogP contribution in [0.2, 0.25) is 0 Å². The molecule has 0 bridgehead atoms. The number of urea groups is 1. The number of primary amides is 1. The predicted molar refractivity (Wildman–Crippen MR) is 288 cm³/mol. The van der Waals surface area contributed by atoms with E-state index in [2.05, 4.69) is 25.5 Å². The van der Waals surface area contributed by atoms with E-state index in [4.69, 9.17) is 19.9 Å². The minimum Gasteiger partial charge on any atom is -0.488 e. The van der Waals surface area contributed by atoms with Crippen LogP contribution in [-0.4, -0.2) is 115 Å². The Hall–Kier alpha value is -6.05. The number of carbonyl (C=O) groups excluding carboxylic acids is 4. The fraction of sp³-hybridized carbons (Fsp3) is 0.583. The van der Waals surface area contributed by atoms with Crippen LogP contribution >= 0.6 is 0 Å². The smallest absolute Gasteiger partial charge is 0.329 e. The van der Waals surface area contributed by atoms with Crippen molar-refractivity contribution in [1.82, 2.24) is 30.2 Å². The molecule has 2 saturated carbocycles. The second kappa shape index (κ2) is 21.4. The van der Waals surface area contributed by atoms with Crippen LogP contribution in [0.3, 0.4) is 0 Å². The number of hydrogen-bond acceptors (Lipinski definition) is 10. The maximum Gasteiger partial charge on any atom is 0.329 e. The largest absolute Gasteiger partial charge is 0.488 e. The number of methoxy groups -OCH3 is 1. The van der Waals surface area contributed by atoms with Gasteiger partial charge < -0.3 is 35.1 Å². The van der Waals surface area contributed by atoms with Gasteiger partial charge in [-0.1, -0.05) is 37.3 Å². The number of nitrogens with zero attached hydrogens (tertiary/aromatic N) is 5. The van der Waals surface area contributed by atoms with Crippen molar-refractivity contribution in [2.24, 2.45) is 47.8 Å². The number of likely N-dealkylation sites (tertiary alicyclic amines) is 2. The molecule has 1 spiro atoms. The van der Waals surface area contributed by atoms with Gasteiger partial charge in [0.2, 0.25) is 17.7 Å². The summed E-state index contributed by atoms with van der Waals surface area (Å²) in [6.45, 7) is 8.82. The van der Waals surface area contributed by atoms with E-state index in [9.17, 15) is 19.2 Å². The number of halogens is 4. The summed E-state index contributed by atoms with van der Waals surface area (Å²) in [7, 11) is 3.12. The number of nitrogens with two attached hydrogens (primary N) is 1. The summed E-state index contributed by atoms with van der Waals surface area (Å²) in [5.74, 6) is -5.51. The first-order valence-electron chi connectivity index (χ1n) is 28.4. The van der Waals surface area contributed by atoms with E-state index in [-0.39, 0.29) is 101 Å². The first kappa shape index (κ1) is 54.9. The molecule has 4 unspecified atom stereocenters. The topological polar surface area (TPSA) is 174 Å². The van der Waals surface area contributed by atoms with E-state index in [1.165, 1.54) is 47.9 Å². The number of carbonyl (C=O) groups is 4. The second-order valence-corrected chi connectivity index (χ2v) is 24.0. The maximum atomic E-state index is 17.1. The highest BCUT2D eigenvalue weighted by Gasteiger charge is 2.58. The van der Waals surface area contributed by atoms with Gasteiger partial charge in [0.1, 0.15) is 29.6 Å². The van der Waals surface area contributed by atoms with Gasteiger partial charge in [0.05, 0.1) is 18.2 Å². The van der Waals surface area contributed by atoms with Crippen molar-refractivity contribution in [2.45, 2.75) is 121 Å². The number of alkyl halides is 1. The van der Waals surface area contributed by atoms with Gasteiger partial charge in [0, 0.05) is 105 Å². The molecule has 3 aromatic rings. The highest BCUT2D eigenvalue weighted by Crippen LogP contribution is 2.60. The molecule has 79 heavy (non-hydrogen) atoms. The van der Waals surface area contributed by atoms with Crippen LogP contribution in [0.1, 0.15) is 130 Å². The lowest BCUT2D eigenvalue weighted by molar-refractivity contribution is -0.141. The van der Waals surface area contributed by atoms with Gasteiger partial charge in [-0.25, -0.2) is 22.4 Å². The molecule has 2 aromatic carbocycles. The average molecular weight is 1100 g/mol. The summed E-state index contributed by atoms with van der Waals surface area (Å²) in [6.07, 6.45) is 11.3. The number of aromatic nitrogens is 2. The molecular formula is C60H74F4N8O7. The molecular weight excluding hydrogens is 1020 g/mol. The van der Waals surface area contributed by atoms with Crippen LogP contribution in [0.5, 0.6) is 5.75 Å². The number of ether oxygens (including phenoxy) is 3. The van der Waals surface area contributed by atoms with Gasteiger partial charge in [0.15, 0.2) is 23.1 Å². The second-order valence-electron chi connectivity index (χ2n) is 24.0. The first-order valence-corrected chi connectivity index (χ1v) is 28.4. The van der Waals surface area contributed by atoms with Crippen LogP contribution in [0, 0.1) is 40.8 Å². The van der Waals surface area contributed by atoms with Crippen molar-refractivity contribution in [2.75, 3.05) is 64.5 Å². The lowest BCUT2D eigenvalue weighted by atomic mass is 9.59. The van der Waals surface area contributed by atoms with Crippen molar-refractivity contribution < 1.29 is 51.0 Å². The molecule has 424 valence electrons. The monoisotopic (exact) mass is 1090 g/mol. The number of aryl methyl sites for hydroxylation is 1. The van der Waals surface area contributed by atoms with Crippen molar-refractivity contribution in [3.8, 4) is 5.75 Å². The third-order valence-electron chi connectivity index (χ3n) is 19.7. The van der Waals surface area contributed by atoms with Crippen LogP contribution in [-0.2, 0) is 37.4 Å². The molecule has 0 radical (unpaired) electrons. The number of anilines is 1. The zero-order valence-corrected chi connectivity index (χ0v) is 45.9. The van der Waals surface area contributed by atoms with Gasteiger partial charge >= 0.3 is 6.03 Å². The number of piperidine rings is 2. The molecule has 4 aliphatic heterocycles. The zero-order chi connectivity index (χ0) is 55.7. The number of nitrogens with one attached hydrogen (secondary N) is 2. The summed E-state index contributed by atoms with van der Waals surface area (Å²) < 4.78 is 85.4. The predicted octanol–water partition coefficient (Wildman–Crippen LogP) is 8.99. The fourth-order valence-corrected chi connectivity index (χ4v) is 15.3. The van der Waals surface area contributed by atoms with E-state index in [1.54, 1.807) is 14.0 Å². The fourth-order valence-electron chi connectivity index (χ4n) is 15.3. The summed E-state index contributed by atoms with van der Waals surface area (Å²) in [5, 5.41) is 10.5. The Kier molecular flexibility index (Phi) is 14.9. The number of amides is 5. The molecule has 19 heteroatoms. The van der Waals surface area contributed by atoms with Crippen LogP contribution in [0.4, 0.5) is 28.2 Å². The number of allylic oxidation sites excluding steroid dienone is 5. The SMILES string of the molecule is COCCOc1ccc(C(N)=O)c(C2C(C)=C(F)C=C3O[C@](CNC4CCC(C(=O)N5CCC6(CC5)CC(N5CCC(C7C(F)=Cc8c(N9CCC(=O)NC9=O)nn(C)c8C7(C)F)CC5)C6)CC4)(c4ccccc4)[C@@H](C)C32)c1F. The molecule has 4 aliphatic carbocycles. The minimum atomic E-state index is -2.06. The summed E-state index contributed by atoms with van der Waals surface area (Å²) in [5.41, 5.74) is 4.58. The van der Waals surface area contributed by atoms with Gasteiger partial charge in [-0.3, -0.25) is 29.3 Å². The van der Waals surface area contributed by atoms with E-state index in [0.29, 0.717) is 31.2 Å². The Morgan fingerprint density at radius 3 is 2.32 bits per heavy atom. The Morgan fingerprint density at radius 1 is 0.937 bits per heavy atom. The number of rotatable bonds is 14. The summed E-state index contributed by atoms with van der Waals surface area (Å²) in [4.78, 5) is 57.4. The van der Waals surface area contributed by atoms with Crippen LogP contribution in [0.15, 0.2) is 71.5 Å². The van der Waals surface area contributed by atoms with E-state index in [0.717, 1.165) is 83.1 Å². The normalized spacial score (nSPS) is 30.3. The first-order chi connectivity index (χ1) is 37.8. The highest BCUT2D eigenvalue weighted by atomic mass is 19.2. The van der Waals surface area contributed by atoms with E-state index in [1.807, 2.05) is 37.3 Å². The highest BCUT2D eigenvalue weighted by molar-refractivity contribution is 6.06. The number of benzene rings is 2. The minimum absolute atomic E-state index is 0.0214. The van der Waals surface area contributed by atoms with Crippen molar-refractivity contribution in [3.05, 3.63) is 105 Å². The third kappa shape index (κ3) is 9.76. The zero-order valence-electron chi connectivity index (χ0n) is 45.9. The Balaban J connectivity index is 0.676. The Morgan fingerprint density at radius 2 is 1.65 bits per heavy atom. The van der Waals surface area contributed by atoms with Crippen LogP contribution < -0.4 is 26.0 Å². The molecule has 6 atom stereocenters. The molecule has 6 fully saturated rings. The molecule has 1 aromatic heterocycles.